The van der Waals surface area contributed by atoms with Crippen molar-refractivity contribution >= 4 is 23.2 Å². The number of piperazine rings is 1. The van der Waals surface area contributed by atoms with Gasteiger partial charge < -0.3 is 19.9 Å². The SMILES string of the molecule is CCCC(=O)Nc1ccc(N2CCN(c3ccc(OC)cc3)CC2)nn1. The molecule has 0 unspecified atom stereocenters. The standard InChI is InChI=1S/C19H25N5O2/c1-3-4-19(25)20-17-9-10-18(22-21-17)24-13-11-23(12-14-24)15-5-7-16(26-2)8-6-15/h5-10H,3-4,11-14H2,1-2H3,(H,20,21,25). The van der Waals surface area contributed by atoms with Crippen molar-refractivity contribution in [1.82, 2.24) is 10.2 Å². The molecule has 1 aliphatic heterocycles. The van der Waals surface area contributed by atoms with Crippen LogP contribution in [0.4, 0.5) is 17.3 Å². The molecule has 0 aliphatic carbocycles. The lowest BCUT2D eigenvalue weighted by Gasteiger charge is -2.36. The zero-order valence-corrected chi connectivity index (χ0v) is 15.3. The van der Waals surface area contributed by atoms with Gasteiger partial charge in [-0.15, -0.1) is 10.2 Å². The smallest absolute Gasteiger partial charge is 0.225 e. The van der Waals surface area contributed by atoms with Crippen LogP contribution in [0.25, 0.3) is 0 Å². The molecule has 1 fully saturated rings. The summed E-state index contributed by atoms with van der Waals surface area (Å²) >= 11 is 0. The Morgan fingerprint density at radius 3 is 2.31 bits per heavy atom. The molecule has 0 bridgehead atoms. The molecule has 26 heavy (non-hydrogen) atoms. The van der Waals surface area contributed by atoms with Crippen LogP contribution in [-0.4, -0.2) is 49.4 Å². The van der Waals surface area contributed by atoms with E-state index in [1.807, 2.05) is 31.2 Å². The maximum atomic E-state index is 11.6. The van der Waals surface area contributed by atoms with E-state index in [1.54, 1.807) is 7.11 Å². The van der Waals surface area contributed by atoms with Crippen LogP contribution in [0, 0.1) is 0 Å². The molecule has 1 amide bonds. The summed E-state index contributed by atoms with van der Waals surface area (Å²) in [6, 6.07) is 11.9. The fraction of sp³-hybridized carbons (Fsp3) is 0.421. The monoisotopic (exact) mass is 355 g/mol. The average Bonchev–Trinajstić information content (AvgIpc) is 2.69. The molecule has 138 valence electrons. The van der Waals surface area contributed by atoms with E-state index in [1.165, 1.54) is 5.69 Å². The summed E-state index contributed by atoms with van der Waals surface area (Å²) in [4.78, 5) is 16.2. The van der Waals surface area contributed by atoms with Crippen molar-refractivity contribution in [3.05, 3.63) is 36.4 Å². The highest BCUT2D eigenvalue weighted by molar-refractivity contribution is 5.89. The molecule has 1 aromatic carbocycles. The number of carbonyl (C=O) groups excluding carboxylic acids is 1. The summed E-state index contributed by atoms with van der Waals surface area (Å²) in [7, 11) is 1.68. The first-order valence-corrected chi connectivity index (χ1v) is 8.97. The molecular weight excluding hydrogens is 330 g/mol. The molecule has 1 saturated heterocycles. The largest absolute Gasteiger partial charge is 0.497 e. The van der Waals surface area contributed by atoms with Gasteiger partial charge in [0.05, 0.1) is 7.11 Å². The third-order valence-electron chi connectivity index (χ3n) is 4.44. The van der Waals surface area contributed by atoms with Crippen LogP contribution in [0.3, 0.4) is 0 Å². The molecule has 2 aromatic rings. The second-order valence-electron chi connectivity index (χ2n) is 6.25. The van der Waals surface area contributed by atoms with E-state index in [4.69, 9.17) is 4.74 Å². The number of nitrogens with one attached hydrogen (secondary N) is 1. The Labute approximate surface area is 154 Å². The second kappa shape index (κ2) is 8.51. The number of ether oxygens (including phenoxy) is 1. The van der Waals surface area contributed by atoms with E-state index < -0.39 is 0 Å². The summed E-state index contributed by atoms with van der Waals surface area (Å²) < 4.78 is 5.21. The number of amides is 1. The van der Waals surface area contributed by atoms with Crippen LogP contribution >= 0.6 is 0 Å². The normalized spacial score (nSPS) is 14.2. The maximum absolute atomic E-state index is 11.6. The lowest BCUT2D eigenvalue weighted by atomic mass is 10.2. The maximum Gasteiger partial charge on any atom is 0.225 e. The molecule has 7 heteroatoms. The number of anilines is 3. The molecular formula is C19H25N5O2. The fourth-order valence-corrected chi connectivity index (χ4v) is 2.98. The predicted octanol–water partition coefficient (Wildman–Crippen LogP) is 2.55. The number of methoxy groups -OCH3 is 1. The van der Waals surface area contributed by atoms with E-state index in [-0.39, 0.29) is 5.91 Å². The Balaban J connectivity index is 1.54. The lowest BCUT2D eigenvalue weighted by molar-refractivity contribution is -0.116. The number of nitrogens with zero attached hydrogens (tertiary/aromatic N) is 4. The number of hydrogen-bond acceptors (Lipinski definition) is 6. The number of hydrogen-bond donors (Lipinski definition) is 1. The molecule has 0 atom stereocenters. The lowest BCUT2D eigenvalue weighted by Crippen LogP contribution is -2.46. The van der Waals surface area contributed by atoms with Gasteiger partial charge in [-0.2, -0.15) is 0 Å². The molecule has 7 nitrogen and oxygen atoms in total. The minimum atomic E-state index is -0.0253. The first-order chi connectivity index (χ1) is 12.7. The van der Waals surface area contributed by atoms with Crippen LogP contribution in [-0.2, 0) is 4.79 Å². The van der Waals surface area contributed by atoms with Crippen molar-refractivity contribution in [3.8, 4) is 5.75 Å². The van der Waals surface area contributed by atoms with E-state index >= 15 is 0 Å². The quantitative estimate of drug-likeness (QED) is 0.859. The van der Waals surface area contributed by atoms with Crippen molar-refractivity contribution in [2.24, 2.45) is 0 Å². The van der Waals surface area contributed by atoms with Gasteiger partial charge in [0.25, 0.3) is 0 Å². The molecule has 1 aromatic heterocycles. The Morgan fingerprint density at radius 1 is 1.04 bits per heavy atom. The third kappa shape index (κ3) is 4.41. The molecule has 0 radical (unpaired) electrons. The molecule has 0 saturated carbocycles. The van der Waals surface area contributed by atoms with Crippen LogP contribution in [0.5, 0.6) is 5.75 Å². The van der Waals surface area contributed by atoms with Gasteiger partial charge in [-0.05, 0) is 42.8 Å². The van der Waals surface area contributed by atoms with E-state index in [9.17, 15) is 4.79 Å². The van der Waals surface area contributed by atoms with Gasteiger partial charge in [0.1, 0.15) is 5.75 Å². The van der Waals surface area contributed by atoms with Gasteiger partial charge in [0.15, 0.2) is 11.6 Å². The summed E-state index contributed by atoms with van der Waals surface area (Å²) in [5, 5.41) is 11.1. The number of rotatable bonds is 6. The molecule has 3 rings (SSSR count). The van der Waals surface area contributed by atoms with Crippen molar-refractivity contribution in [2.45, 2.75) is 19.8 Å². The van der Waals surface area contributed by atoms with Gasteiger partial charge in [-0.1, -0.05) is 6.92 Å². The Bertz CT molecular complexity index is 710. The van der Waals surface area contributed by atoms with Crippen molar-refractivity contribution in [1.29, 1.82) is 0 Å². The minimum Gasteiger partial charge on any atom is -0.497 e. The van der Waals surface area contributed by atoms with Crippen LogP contribution in [0.15, 0.2) is 36.4 Å². The second-order valence-corrected chi connectivity index (χ2v) is 6.25. The van der Waals surface area contributed by atoms with Crippen molar-refractivity contribution in [2.75, 3.05) is 48.4 Å². The van der Waals surface area contributed by atoms with Crippen LogP contribution in [0.1, 0.15) is 19.8 Å². The van der Waals surface area contributed by atoms with Crippen LogP contribution < -0.4 is 19.9 Å². The highest BCUT2D eigenvalue weighted by Crippen LogP contribution is 2.22. The minimum absolute atomic E-state index is 0.0253. The first kappa shape index (κ1) is 18.0. The summed E-state index contributed by atoms with van der Waals surface area (Å²) in [5.74, 6) is 2.19. The van der Waals surface area contributed by atoms with E-state index in [2.05, 4.69) is 37.4 Å². The Morgan fingerprint density at radius 2 is 1.73 bits per heavy atom. The topological polar surface area (TPSA) is 70.6 Å². The average molecular weight is 355 g/mol. The van der Waals surface area contributed by atoms with E-state index in [0.29, 0.717) is 12.2 Å². The van der Waals surface area contributed by atoms with Gasteiger partial charge in [-0.25, -0.2) is 0 Å². The Kier molecular flexibility index (Phi) is 5.88. The van der Waals surface area contributed by atoms with Gasteiger partial charge in [0, 0.05) is 38.3 Å². The highest BCUT2D eigenvalue weighted by Gasteiger charge is 2.18. The zero-order chi connectivity index (χ0) is 18.4. The van der Waals surface area contributed by atoms with Gasteiger partial charge >= 0.3 is 0 Å². The summed E-state index contributed by atoms with van der Waals surface area (Å²) in [5.41, 5.74) is 1.20. The van der Waals surface area contributed by atoms with Gasteiger partial charge in [-0.3, -0.25) is 4.79 Å². The molecule has 1 N–H and O–H groups in total. The number of carbonyl (C=O) groups is 1. The fourth-order valence-electron chi connectivity index (χ4n) is 2.98. The summed E-state index contributed by atoms with van der Waals surface area (Å²) in [6.07, 6.45) is 1.31. The molecule has 1 aliphatic rings. The van der Waals surface area contributed by atoms with Crippen molar-refractivity contribution in [3.63, 3.8) is 0 Å². The van der Waals surface area contributed by atoms with Crippen LogP contribution in [0.2, 0.25) is 0 Å². The molecule has 0 spiro atoms. The van der Waals surface area contributed by atoms with Gasteiger partial charge in [0.2, 0.25) is 5.91 Å². The number of aromatic nitrogens is 2. The highest BCUT2D eigenvalue weighted by atomic mass is 16.5. The predicted molar refractivity (Wildman–Crippen MR) is 103 cm³/mol. The van der Waals surface area contributed by atoms with E-state index in [0.717, 1.165) is 44.2 Å². The third-order valence-corrected chi connectivity index (χ3v) is 4.44. The number of benzene rings is 1. The first-order valence-electron chi connectivity index (χ1n) is 8.97. The summed E-state index contributed by atoms with van der Waals surface area (Å²) in [6.45, 7) is 5.57. The molecule has 2 heterocycles. The van der Waals surface area contributed by atoms with Crippen molar-refractivity contribution < 1.29 is 9.53 Å². The Hall–Kier alpha value is -2.83. The zero-order valence-electron chi connectivity index (χ0n) is 15.3.